The van der Waals surface area contributed by atoms with Crippen molar-refractivity contribution in [1.82, 2.24) is 4.90 Å². The van der Waals surface area contributed by atoms with Crippen LogP contribution in [0, 0.1) is 11.8 Å². The van der Waals surface area contributed by atoms with Gasteiger partial charge in [0.05, 0.1) is 12.5 Å². The third-order valence-electron chi connectivity index (χ3n) is 7.13. The van der Waals surface area contributed by atoms with Gasteiger partial charge in [-0.2, -0.15) is 0 Å². The second-order valence-electron chi connectivity index (χ2n) is 9.32. The zero-order valence-corrected chi connectivity index (χ0v) is 17.1. The van der Waals surface area contributed by atoms with Crippen molar-refractivity contribution in [3.63, 3.8) is 0 Å². The number of fused-ring (bicyclic) bond motifs is 1. The molecule has 0 bridgehead atoms. The standard InChI is InChI=1S/C23H31NO4/c1-15-9-10-17(23(2,3)16-7-5-4-6-8-16)20(13-15)28-22(26)24-12-11-19-18(24)14-21(25)27-19/h4-8,15,17-20H,9-14H2,1-3H3/t15-,17-,18?,19?,20-/m1/s1. The highest BCUT2D eigenvalue weighted by molar-refractivity contribution is 5.76. The summed E-state index contributed by atoms with van der Waals surface area (Å²) in [6, 6.07) is 10.4. The molecule has 5 atom stereocenters. The van der Waals surface area contributed by atoms with Crippen molar-refractivity contribution >= 4 is 12.1 Å². The second-order valence-corrected chi connectivity index (χ2v) is 9.32. The zero-order valence-electron chi connectivity index (χ0n) is 17.1. The second kappa shape index (κ2) is 7.41. The average Bonchev–Trinajstić information content (AvgIpc) is 3.21. The normalized spacial score (nSPS) is 32.8. The Morgan fingerprint density at radius 1 is 1.18 bits per heavy atom. The van der Waals surface area contributed by atoms with Gasteiger partial charge in [0.2, 0.25) is 0 Å². The molecule has 2 heterocycles. The van der Waals surface area contributed by atoms with E-state index < -0.39 is 0 Å². The number of benzene rings is 1. The third kappa shape index (κ3) is 3.51. The highest BCUT2D eigenvalue weighted by Crippen LogP contribution is 2.44. The molecule has 2 unspecified atom stereocenters. The molecule has 1 aromatic rings. The maximum absolute atomic E-state index is 13.0. The van der Waals surface area contributed by atoms with Crippen LogP contribution in [0.15, 0.2) is 30.3 Å². The summed E-state index contributed by atoms with van der Waals surface area (Å²) < 4.78 is 11.4. The SMILES string of the molecule is C[C@@H]1CC[C@@H](C(C)(C)c2ccccc2)[C@H](OC(=O)N2CCC3OC(=O)CC32)C1. The van der Waals surface area contributed by atoms with E-state index in [1.165, 1.54) is 5.56 Å². The lowest BCUT2D eigenvalue weighted by molar-refractivity contribution is -0.141. The van der Waals surface area contributed by atoms with E-state index in [2.05, 4.69) is 45.0 Å². The van der Waals surface area contributed by atoms with Crippen molar-refractivity contribution in [2.24, 2.45) is 11.8 Å². The number of carbonyl (C=O) groups is 2. The summed E-state index contributed by atoms with van der Waals surface area (Å²) >= 11 is 0. The number of hydrogen-bond acceptors (Lipinski definition) is 4. The van der Waals surface area contributed by atoms with Gasteiger partial charge < -0.3 is 14.4 Å². The molecule has 0 aromatic heterocycles. The lowest BCUT2D eigenvalue weighted by atomic mass is 9.64. The van der Waals surface area contributed by atoms with Crippen LogP contribution in [0.1, 0.15) is 58.4 Å². The lowest BCUT2D eigenvalue weighted by Gasteiger charge is -2.44. The van der Waals surface area contributed by atoms with Crippen LogP contribution >= 0.6 is 0 Å². The molecular formula is C23H31NO4. The Balaban J connectivity index is 1.51. The Hall–Kier alpha value is -2.04. The lowest BCUT2D eigenvalue weighted by Crippen LogP contribution is -2.46. The summed E-state index contributed by atoms with van der Waals surface area (Å²) in [7, 11) is 0. The van der Waals surface area contributed by atoms with Crippen molar-refractivity contribution in [2.45, 2.75) is 76.5 Å². The minimum absolute atomic E-state index is 0.0771. The van der Waals surface area contributed by atoms with Crippen LogP contribution in [-0.4, -0.2) is 41.8 Å². The van der Waals surface area contributed by atoms with E-state index in [4.69, 9.17) is 9.47 Å². The minimum atomic E-state index is -0.279. The summed E-state index contributed by atoms with van der Waals surface area (Å²) in [5.74, 6) is 0.611. The van der Waals surface area contributed by atoms with Gasteiger partial charge in [-0.1, -0.05) is 57.5 Å². The number of ether oxygens (including phenoxy) is 2. The first-order chi connectivity index (χ1) is 13.4. The smallest absolute Gasteiger partial charge is 0.410 e. The van der Waals surface area contributed by atoms with Gasteiger partial charge in [-0.25, -0.2) is 4.79 Å². The first kappa shape index (κ1) is 19.3. The number of nitrogens with zero attached hydrogens (tertiary/aromatic N) is 1. The van der Waals surface area contributed by atoms with Gasteiger partial charge in [-0.05, 0) is 29.7 Å². The van der Waals surface area contributed by atoms with Crippen molar-refractivity contribution < 1.29 is 19.1 Å². The van der Waals surface area contributed by atoms with Crippen molar-refractivity contribution in [3.8, 4) is 0 Å². The van der Waals surface area contributed by atoms with Crippen molar-refractivity contribution in [2.75, 3.05) is 6.54 Å². The fraction of sp³-hybridized carbons (Fsp3) is 0.652. The van der Waals surface area contributed by atoms with Gasteiger partial charge in [0.25, 0.3) is 0 Å². The summed E-state index contributed by atoms with van der Waals surface area (Å²) in [6.45, 7) is 7.37. The average molecular weight is 386 g/mol. The zero-order chi connectivity index (χ0) is 19.9. The van der Waals surface area contributed by atoms with Gasteiger partial charge in [0.1, 0.15) is 12.2 Å². The molecule has 3 aliphatic rings. The molecule has 2 saturated heterocycles. The maximum Gasteiger partial charge on any atom is 0.410 e. The number of hydrogen-bond donors (Lipinski definition) is 0. The fourth-order valence-electron chi connectivity index (χ4n) is 5.38. The molecule has 2 aliphatic heterocycles. The Labute approximate surface area is 167 Å². The van der Waals surface area contributed by atoms with Gasteiger partial charge in [0.15, 0.2) is 0 Å². The molecule has 28 heavy (non-hydrogen) atoms. The van der Waals surface area contributed by atoms with E-state index in [9.17, 15) is 9.59 Å². The third-order valence-corrected chi connectivity index (χ3v) is 7.13. The Bertz CT molecular complexity index is 731. The molecule has 0 radical (unpaired) electrons. The van der Waals surface area contributed by atoms with Crippen LogP contribution in [0.2, 0.25) is 0 Å². The molecule has 1 amide bonds. The first-order valence-electron chi connectivity index (χ1n) is 10.6. The summed E-state index contributed by atoms with van der Waals surface area (Å²) in [6.07, 6.45) is 3.57. The molecule has 152 valence electrons. The largest absolute Gasteiger partial charge is 0.460 e. The molecule has 4 rings (SSSR count). The fourth-order valence-corrected chi connectivity index (χ4v) is 5.38. The first-order valence-corrected chi connectivity index (χ1v) is 10.6. The van der Waals surface area contributed by atoms with Crippen LogP contribution in [0.5, 0.6) is 0 Å². The summed E-state index contributed by atoms with van der Waals surface area (Å²) in [4.78, 5) is 26.3. The number of likely N-dealkylation sites (tertiary alicyclic amines) is 1. The minimum Gasteiger partial charge on any atom is -0.460 e. The molecule has 5 nitrogen and oxygen atoms in total. The molecule has 1 aromatic carbocycles. The van der Waals surface area contributed by atoms with Crippen LogP contribution in [0.25, 0.3) is 0 Å². The monoisotopic (exact) mass is 385 g/mol. The number of rotatable bonds is 3. The quantitative estimate of drug-likeness (QED) is 0.728. The number of carbonyl (C=O) groups excluding carboxylic acids is 2. The topological polar surface area (TPSA) is 55.8 Å². The predicted molar refractivity (Wildman–Crippen MR) is 106 cm³/mol. The van der Waals surface area contributed by atoms with Crippen molar-refractivity contribution in [1.29, 1.82) is 0 Å². The Morgan fingerprint density at radius 2 is 1.93 bits per heavy atom. The molecule has 5 heteroatoms. The van der Waals surface area contributed by atoms with Crippen LogP contribution < -0.4 is 0 Å². The van der Waals surface area contributed by atoms with Crippen LogP contribution in [-0.2, 0) is 19.7 Å². The molecular weight excluding hydrogens is 354 g/mol. The van der Waals surface area contributed by atoms with E-state index in [0.29, 0.717) is 25.3 Å². The van der Waals surface area contributed by atoms with Crippen molar-refractivity contribution in [3.05, 3.63) is 35.9 Å². The Kier molecular flexibility index (Phi) is 5.11. The molecule has 3 fully saturated rings. The van der Waals surface area contributed by atoms with E-state index in [-0.39, 0.29) is 41.6 Å². The van der Waals surface area contributed by atoms with E-state index >= 15 is 0 Å². The highest BCUT2D eigenvalue weighted by Gasteiger charge is 2.48. The van der Waals surface area contributed by atoms with Gasteiger partial charge in [-0.15, -0.1) is 0 Å². The molecule has 1 saturated carbocycles. The number of esters is 1. The Morgan fingerprint density at radius 3 is 2.68 bits per heavy atom. The van der Waals surface area contributed by atoms with Gasteiger partial charge in [-0.3, -0.25) is 4.79 Å². The van der Waals surface area contributed by atoms with E-state index in [0.717, 1.165) is 19.3 Å². The molecule has 0 N–H and O–H groups in total. The van der Waals surface area contributed by atoms with Gasteiger partial charge >= 0.3 is 12.1 Å². The van der Waals surface area contributed by atoms with Crippen LogP contribution in [0.4, 0.5) is 4.79 Å². The summed E-state index contributed by atoms with van der Waals surface area (Å²) in [5.41, 5.74) is 1.21. The predicted octanol–water partition coefficient (Wildman–Crippen LogP) is 4.30. The highest BCUT2D eigenvalue weighted by atomic mass is 16.6. The molecule has 0 spiro atoms. The summed E-state index contributed by atoms with van der Waals surface area (Å²) in [5, 5.41) is 0. The maximum atomic E-state index is 13.0. The molecule has 1 aliphatic carbocycles. The van der Waals surface area contributed by atoms with E-state index in [1.807, 2.05) is 6.07 Å². The van der Waals surface area contributed by atoms with E-state index in [1.54, 1.807) is 4.90 Å². The van der Waals surface area contributed by atoms with Crippen LogP contribution in [0.3, 0.4) is 0 Å². The number of amides is 1. The van der Waals surface area contributed by atoms with Gasteiger partial charge in [0, 0.05) is 18.9 Å².